The number of methoxy groups -OCH3 is 1. The second-order valence-electron chi connectivity index (χ2n) is 4.05. The summed E-state index contributed by atoms with van der Waals surface area (Å²) in [5.41, 5.74) is 2.10. The van der Waals surface area contributed by atoms with Crippen molar-refractivity contribution >= 4 is 11.6 Å². The number of carbonyl (C=O) groups excluding carboxylic acids is 1. The Morgan fingerprint density at radius 2 is 1.95 bits per heavy atom. The molecule has 0 aliphatic carbocycles. The first-order chi connectivity index (χ1) is 9.70. The molecule has 4 nitrogen and oxygen atoms in total. The second-order valence-corrected chi connectivity index (χ2v) is 4.05. The van der Waals surface area contributed by atoms with Crippen LogP contribution < -0.4 is 10.1 Å². The van der Waals surface area contributed by atoms with Crippen molar-refractivity contribution in [2.75, 3.05) is 12.4 Å². The number of nitrogens with one attached hydrogen (secondary N) is 1. The van der Waals surface area contributed by atoms with Gasteiger partial charge in [0.05, 0.1) is 30.1 Å². The molecule has 1 aromatic carbocycles. The van der Waals surface area contributed by atoms with Gasteiger partial charge >= 0.3 is 0 Å². The fourth-order valence-corrected chi connectivity index (χ4v) is 1.68. The molecule has 0 saturated carbocycles. The Bertz CT molecular complexity index is 684. The number of aromatic nitrogens is 1. The van der Waals surface area contributed by atoms with Crippen LogP contribution in [0.25, 0.3) is 0 Å². The van der Waals surface area contributed by atoms with Gasteiger partial charge in [-0.2, -0.15) is 0 Å². The predicted molar refractivity (Wildman–Crippen MR) is 77.5 cm³/mol. The molecule has 4 heteroatoms. The summed E-state index contributed by atoms with van der Waals surface area (Å²) in [4.78, 5) is 15.1. The number of amides is 1. The van der Waals surface area contributed by atoms with Crippen LogP contribution >= 0.6 is 0 Å². The van der Waals surface area contributed by atoms with E-state index in [2.05, 4.69) is 22.1 Å². The Kier molecular flexibility index (Phi) is 4.35. The molecular weight excluding hydrogens is 252 g/mol. The lowest BCUT2D eigenvalue weighted by Crippen LogP contribution is -2.07. The Morgan fingerprint density at radius 1 is 1.20 bits per heavy atom. The number of carbonyl (C=O) groups is 1. The molecule has 20 heavy (non-hydrogen) atoms. The summed E-state index contributed by atoms with van der Waals surface area (Å²) in [6.07, 6.45) is 3.21. The summed E-state index contributed by atoms with van der Waals surface area (Å²) in [5.74, 6) is 6.63. The van der Waals surface area contributed by atoms with E-state index < -0.39 is 0 Å². The van der Waals surface area contributed by atoms with Crippen molar-refractivity contribution in [2.45, 2.75) is 6.92 Å². The van der Waals surface area contributed by atoms with Crippen LogP contribution in [0.2, 0.25) is 0 Å². The van der Waals surface area contributed by atoms with Crippen molar-refractivity contribution in [3.63, 3.8) is 0 Å². The summed E-state index contributed by atoms with van der Waals surface area (Å²) < 4.78 is 5.24. The highest BCUT2D eigenvalue weighted by molar-refractivity contribution is 5.90. The van der Waals surface area contributed by atoms with Gasteiger partial charge in [-0.05, 0) is 18.2 Å². The van der Waals surface area contributed by atoms with E-state index in [4.69, 9.17) is 4.74 Å². The molecule has 1 aromatic heterocycles. The quantitative estimate of drug-likeness (QED) is 0.849. The van der Waals surface area contributed by atoms with Gasteiger partial charge in [-0.25, -0.2) is 0 Å². The Labute approximate surface area is 117 Å². The number of hydrogen-bond acceptors (Lipinski definition) is 3. The third-order valence-electron chi connectivity index (χ3n) is 2.57. The fourth-order valence-electron chi connectivity index (χ4n) is 1.68. The Morgan fingerprint density at radius 3 is 2.70 bits per heavy atom. The van der Waals surface area contributed by atoms with Crippen LogP contribution in [0, 0.1) is 11.8 Å². The van der Waals surface area contributed by atoms with Gasteiger partial charge in [-0.1, -0.05) is 24.0 Å². The van der Waals surface area contributed by atoms with Gasteiger partial charge in [-0.3, -0.25) is 9.78 Å². The molecule has 0 aliphatic heterocycles. The number of para-hydroxylation sites is 1. The van der Waals surface area contributed by atoms with E-state index in [1.54, 1.807) is 25.6 Å². The molecule has 0 unspecified atom stereocenters. The van der Waals surface area contributed by atoms with E-state index in [1.165, 1.54) is 6.92 Å². The summed E-state index contributed by atoms with van der Waals surface area (Å²) in [6, 6.07) is 9.27. The van der Waals surface area contributed by atoms with Crippen molar-refractivity contribution in [3.05, 3.63) is 53.9 Å². The number of benzene rings is 1. The van der Waals surface area contributed by atoms with Crippen molar-refractivity contribution in [1.82, 2.24) is 4.98 Å². The lowest BCUT2D eigenvalue weighted by molar-refractivity contribution is -0.114. The third-order valence-corrected chi connectivity index (χ3v) is 2.57. The van der Waals surface area contributed by atoms with Crippen LogP contribution in [0.4, 0.5) is 5.69 Å². The topological polar surface area (TPSA) is 51.2 Å². The van der Waals surface area contributed by atoms with E-state index in [-0.39, 0.29) is 5.91 Å². The average Bonchev–Trinajstić information content (AvgIpc) is 2.46. The number of hydrogen-bond donors (Lipinski definition) is 1. The van der Waals surface area contributed by atoms with Crippen LogP contribution in [-0.4, -0.2) is 18.0 Å². The first-order valence-electron chi connectivity index (χ1n) is 6.07. The first kappa shape index (κ1) is 13.6. The highest BCUT2D eigenvalue weighted by Crippen LogP contribution is 2.17. The van der Waals surface area contributed by atoms with E-state index in [0.717, 1.165) is 11.3 Å². The summed E-state index contributed by atoms with van der Waals surface area (Å²) >= 11 is 0. The lowest BCUT2D eigenvalue weighted by Gasteiger charge is -2.04. The standard InChI is InChI=1S/C16H14N2O2/c1-12(19)18-15-11-17-10-9-13(15)7-8-14-5-3-4-6-16(14)20-2/h3-6,9-11H,1-2H3,(H,18,19). The van der Waals surface area contributed by atoms with Gasteiger partial charge < -0.3 is 10.1 Å². The van der Waals surface area contributed by atoms with Crippen LogP contribution in [0.15, 0.2) is 42.7 Å². The van der Waals surface area contributed by atoms with E-state index >= 15 is 0 Å². The fraction of sp³-hybridized carbons (Fsp3) is 0.125. The highest BCUT2D eigenvalue weighted by atomic mass is 16.5. The zero-order valence-electron chi connectivity index (χ0n) is 11.3. The summed E-state index contributed by atoms with van der Waals surface area (Å²) in [5, 5.41) is 2.70. The van der Waals surface area contributed by atoms with Crippen molar-refractivity contribution in [1.29, 1.82) is 0 Å². The van der Waals surface area contributed by atoms with Crippen molar-refractivity contribution in [2.24, 2.45) is 0 Å². The molecule has 0 atom stereocenters. The van der Waals surface area contributed by atoms with Gasteiger partial charge in [0.15, 0.2) is 0 Å². The maximum atomic E-state index is 11.1. The molecular formula is C16H14N2O2. The monoisotopic (exact) mass is 266 g/mol. The largest absolute Gasteiger partial charge is 0.495 e. The van der Waals surface area contributed by atoms with Gasteiger partial charge in [0.2, 0.25) is 5.91 Å². The van der Waals surface area contributed by atoms with Crippen LogP contribution in [0.1, 0.15) is 18.1 Å². The molecule has 0 saturated heterocycles. The molecule has 1 amide bonds. The van der Waals surface area contributed by atoms with Gasteiger partial charge in [-0.15, -0.1) is 0 Å². The normalized spacial score (nSPS) is 9.30. The smallest absolute Gasteiger partial charge is 0.221 e. The number of rotatable bonds is 2. The summed E-state index contributed by atoms with van der Waals surface area (Å²) in [7, 11) is 1.61. The molecule has 0 radical (unpaired) electrons. The van der Waals surface area contributed by atoms with Gasteiger partial charge in [0.1, 0.15) is 5.75 Å². The Balaban J connectivity index is 2.35. The minimum atomic E-state index is -0.154. The van der Waals surface area contributed by atoms with E-state index in [1.807, 2.05) is 24.3 Å². The maximum absolute atomic E-state index is 11.1. The molecule has 1 heterocycles. The molecule has 100 valence electrons. The maximum Gasteiger partial charge on any atom is 0.221 e. The first-order valence-corrected chi connectivity index (χ1v) is 6.07. The van der Waals surface area contributed by atoms with Crippen molar-refractivity contribution in [3.8, 4) is 17.6 Å². The predicted octanol–water partition coefficient (Wildman–Crippen LogP) is 2.45. The molecule has 0 fully saturated rings. The zero-order chi connectivity index (χ0) is 14.4. The average molecular weight is 266 g/mol. The Hall–Kier alpha value is -2.80. The number of anilines is 1. The minimum absolute atomic E-state index is 0.154. The van der Waals surface area contributed by atoms with E-state index in [9.17, 15) is 4.79 Å². The number of ether oxygens (including phenoxy) is 1. The van der Waals surface area contributed by atoms with Crippen molar-refractivity contribution < 1.29 is 9.53 Å². The van der Waals surface area contributed by atoms with Gasteiger partial charge in [0.25, 0.3) is 0 Å². The minimum Gasteiger partial charge on any atom is -0.495 e. The van der Waals surface area contributed by atoms with E-state index in [0.29, 0.717) is 11.3 Å². The summed E-state index contributed by atoms with van der Waals surface area (Å²) in [6.45, 7) is 1.45. The SMILES string of the molecule is COc1ccccc1C#Cc1ccncc1NC(C)=O. The van der Waals surface area contributed by atoms with Crippen LogP contribution in [0.5, 0.6) is 5.75 Å². The zero-order valence-corrected chi connectivity index (χ0v) is 11.3. The molecule has 0 bridgehead atoms. The number of pyridine rings is 1. The molecule has 1 N–H and O–H groups in total. The molecule has 0 aliphatic rings. The van der Waals surface area contributed by atoms with Crippen LogP contribution in [-0.2, 0) is 4.79 Å². The lowest BCUT2D eigenvalue weighted by atomic mass is 10.1. The highest BCUT2D eigenvalue weighted by Gasteiger charge is 2.02. The second kappa shape index (κ2) is 6.39. The third kappa shape index (κ3) is 3.36. The molecule has 2 aromatic rings. The molecule has 2 rings (SSSR count). The number of nitrogens with zero attached hydrogens (tertiary/aromatic N) is 1. The van der Waals surface area contributed by atoms with Gasteiger partial charge in [0, 0.05) is 13.1 Å². The molecule has 0 spiro atoms. The van der Waals surface area contributed by atoms with Crippen LogP contribution in [0.3, 0.4) is 0 Å².